The van der Waals surface area contributed by atoms with Crippen LogP contribution >= 0.6 is 0 Å². The van der Waals surface area contributed by atoms with Crippen molar-refractivity contribution in [1.29, 1.82) is 0 Å². The third kappa shape index (κ3) is 2.68. The molecule has 1 aromatic heterocycles. The van der Waals surface area contributed by atoms with E-state index in [1.165, 1.54) is 0 Å². The predicted octanol–water partition coefficient (Wildman–Crippen LogP) is 1.87. The van der Waals surface area contributed by atoms with Gasteiger partial charge in [-0.2, -0.15) is 5.10 Å². The molecule has 0 radical (unpaired) electrons. The Bertz CT molecular complexity index is 365. The standard InChI is InChI=1S/C11H17N3O2/c1-11(15-8-9-16-11)5-2-3-6-14-7-4-10(12)13-14/h4,7-9H,2-3,5-6H2,1H3,(H2,12,13). The van der Waals surface area contributed by atoms with Crippen molar-refractivity contribution in [3.05, 3.63) is 24.8 Å². The summed E-state index contributed by atoms with van der Waals surface area (Å²) in [5, 5.41) is 4.12. The zero-order chi connectivity index (χ0) is 11.4. The van der Waals surface area contributed by atoms with Crippen molar-refractivity contribution in [2.24, 2.45) is 0 Å². The summed E-state index contributed by atoms with van der Waals surface area (Å²) in [6.45, 7) is 2.82. The van der Waals surface area contributed by atoms with Gasteiger partial charge in [-0.25, -0.2) is 0 Å². The monoisotopic (exact) mass is 223 g/mol. The van der Waals surface area contributed by atoms with Crippen LogP contribution in [0.3, 0.4) is 0 Å². The normalized spacial score (nSPS) is 17.1. The lowest BCUT2D eigenvalue weighted by molar-refractivity contribution is -0.131. The molecule has 2 heterocycles. The summed E-state index contributed by atoms with van der Waals surface area (Å²) in [7, 11) is 0. The van der Waals surface area contributed by atoms with Gasteiger partial charge in [-0.1, -0.05) is 0 Å². The summed E-state index contributed by atoms with van der Waals surface area (Å²) in [4.78, 5) is 0. The van der Waals surface area contributed by atoms with Gasteiger partial charge < -0.3 is 15.2 Å². The van der Waals surface area contributed by atoms with Crippen molar-refractivity contribution in [2.45, 2.75) is 38.5 Å². The van der Waals surface area contributed by atoms with Gasteiger partial charge in [0.15, 0.2) is 0 Å². The quantitative estimate of drug-likeness (QED) is 0.774. The van der Waals surface area contributed by atoms with Crippen LogP contribution in [0.5, 0.6) is 0 Å². The van der Waals surface area contributed by atoms with Crippen molar-refractivity contribution in [3.63, 3.8) is 0 Å². The Morgan fingerprint density at radius 3 is 2.75 bits per heavy atom. The molecule has 1 aromatic rings. The molecule has 0 aromatic carbocycles. The number of unbranched alkanes of at least 4 members (excludes halogenated alkanes) is 1. The van der Waals surface area contributed by atoms with Crippen molar-refractivity contribution in [1.82, 2.24) is 9.78 Å². The van der Waals surface area contributed by atoms with Crippen molar-refractivity contribution < 1.29 is 9.47 Å². The van der Waals surface area contributed by atoms with E-state index in [2.05, 4.69) is 5.10 Å². The first-order valence-electron chi connectivity index (χ1n) is 5.48. The third-order valence-corrected chi connectivity index (χ3v) is 2.62. The van der Waals surface area contributed by atoms with E-state index >= 15 is 0 Å². The topological polar surface area (TPSA) is 62.3 Å². The van der Waals surface area contributed by atoms with E-state index in [1.807, 2.05) is 17.8 Å². The Morgan fingerprint density at radius 1 is 1.38 bits per heavy atom. The molecule has 0 aliphatic carbocycles. The Morgan fingerprint density at radius 2 is 2.12 bits per heavy atom. The first-order chi connectivity index (χ1) is 7.68. The van der Waals surface area contributed by atoms with Crippen LogP contribution < -0.4 is 5.73 Å². The number of aromatic nitrogens is 2. The molecule has 0 unspecified atom stereocenters. The zero-order valence-corrected chi connectivity index (χ0v) is 9.43. The molecule has 0 saturated carbocycles. The van der Waals surface area contributed by atoms with Gasteiger partial charge in [0.05, 0.1) is 0 Å². The number of nitrogens with zero attached hydrogens (tertiary/aromatic N) is 2. The number of ether oxygens (including phenoxy) is 2. The molecule has 2 rings (SSSR count). The SMILES string of the molecule is CC1(CCCCn2ccc(N)n2)OC=CO1. The van der Waals surface area contributed by atoms with Gasteiger partial charge in [-0.05, 0) is 18.9 Å². The molecule has 1 aliphatic heterocycles. The van der Waals surface area contributed by atoms with Crippen molar-refractivity contribution >= 4 is 5.82 Å². The average Bonchev–Trinajstić information content (AvgIpc) is 2.84. The minimum absolute atomic E-state index is 0.469. The van der Waals surface area contributed by atoms with Crippen LogP contribution in [0.4, 0.5) is 5.82 Å². The highest BCUT2D eigenvalue weighted by atomic mass is 16.7. The van der Waals surface area contributed by atoms with Crippen LogP contribution in [-0.4, -0.2) is 15.6 Å². The molecule has 5 heteroatoms. The van der Waals surface area contributed by atoms with Gasteiger partial charge in [-0.3, -0.25) is 4.68 Å². The average molecular weight is 223 g/mol. The third-order valence-electron chi connectivity index (χ3n) is 2.62. The lowest BCUT2D eigenvalue weighted by Gasteiger charge is -2.22. The van der Waals surface area contributed by atoms with Crippen molar-refractivity contribution in [2.75, 3.05) is 5.73 Å². The molecule has 16 heavy (non-hydrogen) atoms. The lowest BCUT2D eigenvalue weighted by Crippen LogP contribution is -2.25. The zero-order valence-electron chi connectivity index (χ0n) is 9.43. The van der Waals surface area contributed by atoms with Crippen LogP contribution in [0.2, 0.25) is 0 Å². The van der Waals surface area contributed by atoms with Gasteiger partial charge in [0.25, 0.3) is 0 Å². The summed E-state index contributed by atoms with van der Waals surface area (Å²) in [5.41, 5.74) is 5.52. The molecule has 88 valence electrons. The molecule has 0 spiro atoms. The minimum Gasteiger partial charge on any atom is -0.457 e. The second kappa shape index (κ2) is 4.47. The molecule has 0 saturated heterocycles. The molecule has 0 atom stereocenters. The smallest absolute Gasteiger partial charge is 0.247 e. The van der Waals surface area contributed by atoms with E-state index in [9.17, 15) is 0 Å². The Labute approximate surface area is 94.8 Å². The predicted molar refractivity (Wildman–Crippen MR) is 60.2 cm³/mol. The van der Waals surface area contributed by atoms with Crippen LogP contribution in [0.1, 0.15) is 26.2 Å². The van der Waals surface area contributed by atoms with Gasteiger partial charge in [0.1, 0.15) is 18.3 Å². The summed E-state index contributed by atoms with van der Waals surface area (Å²) < 4.78 is 12.6. The molecule has 0 bridgehead atoms. The molecule has 5 nitrogen and oxygen atoms in total. The maximum absolute atomic E-state index is 5.52. The largest absolute Gasteiger partial charge is 0.457 e. The summed E-state index contributed by atoms with van der Waals surface area (Å²) >= 11 is 0. The molecule has 0 amide bonds. The van der Waals surface area contributed by atoms with Gasteiger partial charge >= 0.3 is 0 Å². The maximum atomic E-state index is 5.52. The van der Waals surface area contributed by atoms with E-state index in [-0.39, 0.29) is 0 Å². The van der Waals surface area contributed by atoms with Gasteiger partial charge in [0.2, 0.25) is 5.79 Å². The Kier molecular flexibility index (Phi) is 3.03. The molecular formula is C11H17N3O2. The van der Waals surface area contributed by atoms with Crippen LogP contribution in [0, 0.1) is 0 Å². The van der Waals surface area contributed by atoms with Gasteiger partial charge in [-0.15, -0.1) is 0 Å². The lowest BCUT2D eigenvalue weighted by atomic mass is 10.1. The summed E-state index contributed by atoms with van der Waals surface area (Å²) in [6, 6.07) is 1.80. The molecule has 0 fully saturated rings. The van der Waals surface area contributed by atoms with E-state index in [4.69, 9.17) is 15.2 Å². The second-order valence-electron chi connectivity index (χ2n) is 4.10. The van der Waals surface area contributed by atoms with E-state index in [0.717, 1.165) is 25.8 Å². The van der Waals surface area contributed by atoms with Crippen LogP contribution in [-0.2, 0) is 16.0 Å². The Hall–Kier alpha value is -1.65. The molecule has 2 N–H and O–H groups in total. The fourth-order valence-electron chi connectivity index (χ4n) is 1.71. The maximum Gasteiger partial charge on any atom is 0.247 e. The summed E-state index contributed by atoms with van der Waals surface area (Å²) in [5.74, 6) is 0.0991. The van der Waals surface area contributed by atoms with Crippen LogP contribution in [0.15, 0.2) is 24.8 Å². The first kappa shape index (κ1) is 10.9. The number of hydrogen-bond donors (Lipinski definition) is 1. The first-order valence-corrected chi connectivity index (χ1v) is 5.48. The molecular weight excluding hydrogens is 206 g/mol. The Balaban J connectivity index is 1.65. The van der Waals surface area contributed by atoms with E-state index in [1.54, 1.807) is 18.6 Å². The van der Waals surface area contributed by atoms with Crippen molar-refractivity contribution in [3.8, 4) is 0 Å². The fourth-order valence-corrected chi connectivity index (χ4v) is 1.71. The number of nitrogen functional groups attached to an aromatic ring is 1. The number of aryl methyl sites for hydroxylation is 1. The number of nitrogens with two attached hydrogens (primary N) is 1. The van der Waals surface area contributed by atoms with E-state index < -0.39 is 5.79 Å². The highest BCUT2D eigenvalue weighted by molar-refractivity contribution is 5.23. The highest BCUT2D eigenvalue weighted by Gasteiger charge is 2.28. The number of anilines is 1. The molecule has 1 aliphatic rings. The van der Waals surface area contributed by atoms with Gasteiger partial charge in [0, 0.05) is 26.1 Å². The minimum atomic E-state index is -0.469. The highest BCUT2D eigenvalue weighted by Crippen LogP contribution is 2.25. The fraction of sp³-hybridized carbons (Fsp3) is 0.545. The van der Waals surface area contributed by atoms with E-state index in [0.29, 0.717) is 5.82 Å². The second-order valence-corrected chi connectivity index (χ2v) is 4.10. The number of hydrogen-bond acceptors (Lipinski definition) is 4. The van der Waals surface area contributed by atoms with Crippen LogP contribution in [0.25, 0.3) is 0 Å². The number of rotatable bonds is 5. The summed E-state index contributed by atoms with van der Waals surface area (Å²) in [6.07, 6.45) is 8.00.